The van der Waals surface area contributed by atoms with Crippen LogP contribution in [-0.2, 0) is 4.79 Å². The van der Waals surface area contributed by atoms with Gasteiger partial charge in [-0.1, -0.05) is 18.2 Å². The lowest BCUT2D eigenvalue weighted by molar-refractivity contribution is -0.140. The fraction of sp³-hybridized carbons (Fsp3) is 0.500. The molecule has 30 heavy (non-hydrogen) atoms. The summed E-state index contributed by atoms with van der Waals surface area (Å²) in [4.78, 5) is 12.7. The zero-order chi connectivity index (χ0) is 21.1. The summed E-state index contributed by atoms with van der Waals surface area (Å²) in [6.45, 7) is 2.10. The van der Waals surface area contributed by atoms with E-state index in [9.17, 15) is 13.6 Å². The summed E-state index contributed by atoms with van der Waals surface area (Å²) in [6.07, 6.45) is 13.7. The molecule has 2 fully saturated rings. The number of hydrogen-bond acceptors (Lipinski definition) is 2. The summed E-state index contributed by atoms with van der Waals surface area (Å²) in [7, 11) is 0. The summed E-state index contributed by atoms with van der Waals surface area (Å²) >= 11 is 0. The first-order chi connectivity index (χ1) is 14.5. The molecule has 0 spiro atoms. The van der Waals surface area contributed by atoms with Crippen LogP contribution in [0, 0.1) is 35.3 Å². The fourth-order valence-electron chi connectivity index (χ4n) is 5.39. The zero-order valence-corrected chi connectivity index (χ0v) is 17.6. The van der Waals surface area contributed by atoms with Gasteiger partial charge in [0.15, 0.2) is 11.6 Å². The third-order valence-electron chi connectivity index (χ3n) is 7.12. The van der Waals surface area contributed by atoms with Gasteiger partial charge in [-0.25, -0.2) is 8.78 Å². The molecule has 2 aliphatic carbocycles. The van der Waals surface area contributed by atoms with Gasteiger partial charge in [0.1, 0.15) is 5.75 Å². The number of allylic oxidation sites excluding steroid dienone is 2. The molecule has 2 aliphatic rings. The molecule has 2 nitrogen and oxygen atoms in total. The van der Waals surface area contributed by atoms with Crippen LogP contribution in [0.3, 0.4) is 0 Å². The van der Waals surface area contributed by atoms with Crippen LogP contribution in [0.1, 0.15) is 58.3 Å². The Morgan fingerprint density at radius 3 is 2.10 bits per heavy atom. The number of halogens is 2. The molecule has 160 valence electrons. The number of rotatable bonds is 4. The molecule has 0 radical (unpaired) electrons. The second-order valence-electron chi connectivity index (χ2n) is 9.01. The Kier molecular flexibility index (Phi) is 6.50. The van der Waals surface area contributed by atoms with Gasteiger partial charge in [0.2, 0.25) is 0 Å². The Bertz CT molecular complexity index is 920. The summed E-state index contributed by atoms with van der Waals surface area (Å²) in [5.41, 5.74) is 0. The van der Waals surface area contributed by atoms with E-state index in [4.69, 9.17) is 4.74 Å². The Morgan fingerprint density at radius 2 is 1.47 bits per heavy atom. The Labute approximate surface area is 177 Å². The average molecular weight is 413 g/mol. The Hall–Kier alpha value is -2.23. The van der Waals surface area contributed by atoms with Gasteiger partial charge in [-0.2, -0.15) is 0 Å². The molecule has 0 bridgehead atoms. The highest BCUT2D eigenvalue weighted by Gasteiger charge is 2.33. The maximum absolute atomic E-state index is 13.5. The van der Waals surface area contributed by atoms with E-state index in [0.29, 0.717) is 16.5 Å². The molecular weight excluding hydrogens is 382 g/mol. The van der Waals surface area contributed by atoms with E-state index in [1.807, 2.05) is 0 Å². The maximum Gasteiger partial charge on any atom is 0.314 e. The van der Waals surface area contributed by atoms with Crippen molar-refractivity contribution in [3.63, 3.8) is 0 Å². The molecule has 0 aromatic heterocycles. The van der Waals surface area contributed by atoms with Crippen molar-refractivity contribution in [3.05, 3.63) is 54.1 Å². The van der Waals surface area contributed by atoms with Gasteiger partial charge in [0.25, 0.3) is 0 Å². The first-order valence-corrected chi connectivity index (χ1v) is 11.3. The number of esters is 1. The van der Waals surface area contributed by atoms with Gasteiger partial charge in [0, 0.05) is 0 Å². The number of ether oxygens (including phenoxy) is 1. The second-order valence-corrected chi connectivity index (χ2v) is 9.01. The van der Waals surface area contributed by atoms with E-state index in [-0.39, 0.29) is 11.9 Å². The van der Waals surface area contributed by atoms with Crippen LogP contribution in [0.4, 0.5) is 8.78 Å². The van der Waals surface area contributed by atoms with Crippen LogP contribution in [-0.4, -0.2) is 5.97 Å². The Morgan fingerprint density at radius 1 is 0.867 bits per heavy atom. The third-order valence-corrected chi connectivity index (χ3v) is 7.12. The molecule has 0 aliphatic heterocycles. The van der Waals surface area contributed by atoms with Gasteiger partial charge in [-0.3, -0.25) is 4.79 Å². The minimum atomic E-state index is -0.899. The lowest BCUT2D eigenvalue weighted by atomic mass is 9.69. The molecule has 4 heteroatoms. The second kappa shape index (κ2) is 9.28. The van der Waals surface area contributed by atoms with E-state index in [1.165, 1.54) is 25.7 Å². The standard InChI is InChI=1S/C26H30F2O2/c1-2-3-17-4-6-18(7-5-17)19-8-10-20(11-9-19)26(29)30-23-13-12-21-15-24(27)25(28)16-22(21)14-23/h2-3,12-20H,4-11H2,1H3/b3-2+. The highest BCUT2D eigenvalue weighted by atomic mass is 19.2. The van der Waals surface area contributed by atoms with Crippen molar-refractivity contribution in [2.24, 2.45) is 23.7 Å². The van der Waals surface area contributed by atoms with Gasteiger partial charge in [-0.15, -0.1) is 0 Å². The van der Waals surface area contributed by atoms with E-state index >= 15 is 0 Å². The quantitative estimate of drug-likeness (QED) is 0.301. The van der Waals surface area contributed by atoms with Gasteiger partial charge in [0.05, 0.1) is 5.92 Å². The van der Waals surface area contributed by atoms with Gasteiger partial charge < -0.3 is 4.74 Å². The predicted octanol–water partition coefficient (Wildman–Crippen LogP) is 7.21. The predicted molar refractivity (Wildman–Crippen MR) is 115 cm³/mol. The van der Waals surface area contributed by atoms with Gasteiger partial charge in [-0.05, 0) is 111 Å². The molecule has 0 saturated heterocycles. The number of carbonyl (C=O) groups excluding carboxylic acids is 1. The SMILES string of the molecule is C/C=C/C1CCC(C2CCC(C(=O)Oc3ccc4cc(F)c(F)cc4c3)CC2)CC1. The van der Waals surface area contributed by atoms with Crippen molar-refractivity contribution in [1.82, 2.24) is 0 Å². The number of carbonyl (C=O) groups is 1. The van der Waals surface area contributed by atoms with Crippen molar-refractivity contribution in [3.8, 4) is 5.75 Å². The molecule has 0 amide bonds. The molecule has 0 unspecified atom stereocenters. The zero-order valence-electron chi connectivity index (χ0n) is 17.6. The molecule has 0 heterocycles. The Balaban J connectivity index is 1.30. The lowest BCUT2D eigenvalue weighted by Crippen LogP contribution is -2.30. The number of fused-ring (bicyclic) bond motifs is 1. The van der Waals surface area contributed by atoms with Gasteiger partial charge >= 0.3 is 5.97 Å². The summed E-state index contributed by atoms with van der Waals surface area (Å²) in [6, 6.07) is 7.19. The molecule has 0 N–H and O–H groups in total. The summed E-state index contributed by atoms with van der Waals surface area (Å²) < 4.78 is 32.4. The average Bonchev–Trinajstić information content (AvgIpc) is 2.76. The van der Waals surface area contributed by atoms with E-state index < -0.39 is 11.6 Å². The molecule has 2 aromatic rings. The highest BCUT2D eigenvalue weighted by Crippen LogP contribution is 2.42. The van der Waals surface area contributed by atoms with Crippen molar-refractivity contribution in [1.29, 1.82) is 0 Å². The lowest BCUT2D eigenvalue weighted by Gasteiger charge is -2.36. The monoisotopic (exact) mass is 412 g/mol. The van der Waals surface area contributed by atoms with E-state index in [0.717, 1.165) is 55.6 Å². The van der Waals surface area contributed by atoms with E-state index in [1.54, 1.807) is 18.2 Å². The summed E-state index contributed by atoms with van der Waals surface area (Å²) in [5, 5.41) is 1.11. The highest BCUT2D eigenvalue weighted by molar-refractivity contribution is 5.85. The maximum atomic E-state index is 13.5. The van der Waals surface area contributed by atoms with Crippen LogP contribution in [0.5, 0.6) is 5.75 Å². The molecule has 2 aromatic carbocycles. The van der Waals surface area contributed by atoms with Crippen LogP contribution >= 0.6 is 0 Å². The van der Waals surface area contributed by atoms with E-state index in [2.05, 4.69) is 19.1 Å². The van der Waals surface area contributed by atoms with Crippen molar-refractivity contribution < 1.29 is 18.3 Å². The first-order valence-electron chi connectivity index (χ1n) is 11.3. The number of hydrogen-bond donors (Lipinski definition) is 0. The van der Waals surface area contributed by atoms with Crippen LogP contribution in [0.15, 0.2) is 42.5 Å². The van der Waals surface area contributed by atoms with Crippen molar-refractivity contribution in [2.75, 3.05) is 0 Å². The topological polar surface area (TPSA) is 26.3 Å². The summed E-state index contributed by atoms with van der Waals surface area (Å²) in [5.74, 6) is 0.641. The molecule has 4 rings (SSSR count). The molecular formula is C26H30F2O2. The largest absolute Gasteiger partial charge is 0.426 e. The smallest absolute Gasteiger partial charge is 0.314 e. The minimum absolute atomic E-state index is 0.0683. The van der Waals surface area contributed by atoms with Crippen molar-refractivity contribution in [2.45, 2.75) is 58.3 Å². The number of benzene rings is 2. The normalized spacial score (nSPS) is 27.4. The van der Waals surface area contributed by atoms with Crippen LogP contribution in [0.2, 0.25) is 0 Å². The van der Waals surface area contributed by atoms with Crippen LogP contribution < -0.4 is 4.74 Å². The van der Waals surface area contributed by atoms with Crippen molar-refractivity contribution >= 4 is 16.7 Å². The first kappa shape index (κ1) is 21.0. The minimum Gasteiger partial charge on any atom is -0.426 e. The van der Waals surface area contributed by atoms with Crippen LogP contribution in [0.25, 0.3) is 10.8 Å². The third kappa shape index (κ3) is 4.74. The fourth-order valence-corrected chi connectivity index (χ4v) is 5.39. The molecule has 2 saturated carbocycles. The molecule has 0 atom stereocenters.